The van der Waals surface area contributed by atoms with Crippen LogP contribution in [0.3, 0.4) is 0 Å². The molecule has 112 valence electrons. The second-order valence-electron chi connectivity index (χ2n) is 3.96. The SMILES string of the molecule is [N-]=[N+]=CC(=O)CCCNS(=O)(=O)c1ccc([N+](=O)[O-])cc1. The van der Waals surface area contributed by atoms with Gasteiger partial charge < -0.3 is 5.53 Å². The number of sulfonamides is 1. The third-order valence-electron chi connectivity index (χ3n) is 2.45. The summed E-state index contributed by atoms with van der Waals surface area (Å²) in [5.41, 5.74) is 7.92. The van der Waals surface area contributed by atoms with Crippen LogP contribution in [0.1, 0.15) is 12.8 Å². The molecule has 1 aromatic carbocycles. The summed E-state index contributed by atoms with van der Waals surface area (Å²) in [7, 11) is -3.78. The number of nitrogens with one attached hydrogen (secondary N) is 1. The van der Waals surface area contributed by atoms with E-state index in [1.54, 1.807) is 0 Å². The van der Waals surface area contributed by atoms with Crippen molar-refractivity contribution in [2.45, 2.75) is 17.7 Å². The van der Waals surface area contributed by atoms with Crippen molar-refractivity contribution in [3.8, 4) is 0 Å². The maximum absolute atomic E-state index is 11.9. The zero-order valence-corrected chi connectivity index (χ0v) is 11.6. The fraction of sp³-hybridized carbons (Fsp3) is 0.273. The van der Waals surface area contributed by atoms with Crippen molar-refractivity contribution in [3.05, 3.63) is 39.9 Å². The molecule has 0 radical (unpaired) electrons. The Hall–Kier alpha value is -2.42. The normalized spacial score (nSPS) is 10.7. The lowest BCUT2D eigenvalue weighted by atomic mass is 10.2. The van der Waals surface area contributed by atoms with Gasteiger partial charge in [-0.2, -0.15) is 4.79 Å². The van der Waals surface area contributed by atoms with E-state index in [4.69, 9.17) is 5.53 Å². The number of carbonyl (C=O) groups is 1. The fourth-order valence-corrected chi connectivity index (χ4v) is 2.50. The molecule has 0 unspecified atom stereocenters. The minimum absolute atomic E-state index is 0.0182. The van der Waals surface area contributed by atoms with Crippen LogP contribution in [0.2, 0.25) is 0 Å². The van der Waals surface area contributed by atoms with Gasteiger partial charge in [0.15, 0.2) is 0 Å². The van der Waals surface area contributed by atoms with Crippen molar-refractivity contribution >= 4 is 27.7 Å². The van der Waals surface area contributed by atoms with Crippen LogP contribution < -0.4 is 4.72 Å². The van der Waals surface area contributed by atoms with Crippen molar-refractivity contribution in [2.24, 2.45) is 0 Å². The van der Waals surface area contributed by atoms with E-state index in [-0.39, 0.29) is 30.0 Å². The minimum Gasteiger partial charge on any atom is -0.361 e. The lowest BCUT2D eigenvalue weighted by Gasteiger charge is -2.05. The van der Waals surface area contributed by atoms with E-state index >= 15 is 0 Å². The Kier molecular flexibility index (Phi) is 5.85. The minimum atomic E-state index is -3.78. The van der Waals surface area contributed by atoms with Gasteiger partial charge in [-0.1, -0.05) is 0 Å². The first-order chi connectivity index (χ1) is 9.86. The second-order valence-corrected chi connectivity index (χ2v) is 5.73. The number of hydrogen-bond donors (Lipinski definition) is 1. The van der Waals surface area contributed by atoms with E-state index in [9.17, 15) is 23.3 Å². The molecule has 1 rings (SSSR count). The van der Waals surface area contributed by atoms with Crippen LogP contribution in [-0.2, 0) is 14.8 Å². The van der Waals surface area contributed by atoms with E-state index in [2.05, 4.69) is 9.51 Å². The summed E-state index contributed by atoms with van der Waals surface area (Å²) in [5.74, 6) is -0.424. The molecule has 21 heavy (non-hydrogen) atoms. The predicted octanol–water partition coefficient (Wildman–Crippen LogP) is 0.523. The number of non-ortho nitro benzene ring substituents is 1. The summed E-state index contributed by atoms with van der Waals surface area (Å²) in [6.45, 7) is 0.0182. The molecule has 9 nitrogen and oxygen atoms in total. The highest BCUT2D eigenvalue weighted by Gasteiger charge is 2.15. The van der Waals surface area contributed by atoms with E-state index in [1.807, 2.05) is 0 Å². The highest BCUT2D eigenvalue weighted by Crippen LogP contribution is 2.15. The lowest BCUT2D eigenvalue weighted by molar-refractivity contribution is -0.384. The van der Waals surface area contributed by atoms with Gasteiger partial charge in [0.2, 0.25) is 15.8 Å². The van der Waals surface area contributed by atoms with Gasteiger partial charge in [0.1, 0.15) is 0 Å². The number of ketones is 1. The molecule has 0 bridgehead atoms. The van der Waals surface area contributed by atoms with Crippen LogP contribution in [-0.4, -0.2) is 36.7 Å². The number of rotatable bonds is 8. The monoisotopic (exact) mass is 312 g/mol. The molecule has 0 spiro atoms. The van der Waals surface area contributed by atoms with Crippen LogP contribution in [0.25, 0.3) is 5.53 Å². The van der Waals surface area contributed by atoms with E-state index in [0.717, 1.165) is 30.5 Å². The number of nitrogens with zero attached hydrogens (tertiary/aromatic N) is 3. The molecule has 0 heterocycles. The summed E-state index contributed by atoms with van der Waals surface area (Å²) in [6.07, 6.45) is 1.01. The van der Waals surface area contributed by atoms with Crippen LogP contribution >= 0.6 is 0 Å². The zero-order valence-electron chi connectivity index (χ0n) is 10.8. The Morgan fingerprint density at radius 3 is 2.52 bits per heavy atom. The molecule has 1 N–H and O–H groups in total. The average Bonchev–Trinajstić information content (AvgIpc) is 2.44. The highest BCUT2D eigenvalue weighted by atomic mass is 32.2. The van der Waals surface area contributed by atoms with Gasteiger partial charge in [0.25, 0.3) is 5.69 Å². The van der Waals surface area contributed by atoms with Gasteiger partial charge in [-0.25, -0.2) is 13.1 Å². The molecule has 0 aliphatic heterocycles. The molecule has 0 aliphatic rings. The zero-order chi connectivity index (χ0) is 15.9. The van der Waals surface area contributed by atoms with E-state index in [0.29, 0.717) is 0 Å². The molecule has 0 saturated heterocycles. The molecule has 0 aliphatic carbocycles. The van der Waals surface area contributed by atoms with E-state index < -0.39 is 20.7 Å². The average molecular weight is 312 g/mol. The molecule has 0 aromatic heterocycles. The first kappa shape index (κ1) is 16.6. The quantitative estimate of drug-likeness (QED) is 0.186. The largest absolute Gasteiger partial charge is 0.361 e. The maximum Gasteiger partial charge on any atom is 0.323 e. The van der Waals surface area contributed by atoms with Crippen LogP contribution in [0.5, 0.6) is 0 Å². The summed E-state index contributed by atoms with van der Waals surface area (Å²) < 4.78 is 26.0. The smallest absolute Gasteiger partial charge is 0.323 e. The Balaban J connectivity index is 2.59. The first-order valence-corrected chi connectivity index (χ1v) is 7.29. The van der Waals surface area contributed by atoms with Gasteiger partial charge >= 0.3 is 6.21 Å². The van der Waals surface area contributed by atoms with Crippen molar-refractivity contribution < 1.29 is 22.9 Å². The van der Waals surface area contributed by atoms with Gasteiger partial charge in [0.05, 0.1) is 9.82 Å². The highest BCUT2D eigenvalue weighted by molar-refractivity contribution is 7.89. The summed E-state index contributed by atoms with van der Waals surface area (Å²) in [5, 5.41) is 10.5. The van der Waals surface area contributed by atoms with E-state index in [1.165, 1.54) is 0 Å². The Labute approximate surface area is 120 Å². The van der Waals surface area contributed by atoms with Crippen molar-refractivity contribution in [2.75, 3.05) is 6.54 Å². The predicted molar refractivity (Wildman–Crippen MR) is 72.2 cm³/mol. The van der Waals surface area contributed by atoms with Gasteiger partial charge in [-0.3, -0.25) is 14.9 Å². The van der Waals surface area contributed by atoms with Crippen LogP contribution in [0.4, 0.5) is 5.69 Å². The number of benzene rings is 1. The summed E-state index contributed by atoms with van der Waals surface area (Å²) >= 11 is 0. The Bertz CT molecular complexity index is 677. The third-order valence-corrected chi connectivity index (χ3v) is 3.93. The lowest BCUT2D eigenvalue weighted by Crippen LogP contribution is -2.25. The third kappa shape index (κ3) is 5.22. The standard InChI is InChI=1S/C11H12N4O5S/c12-13-8-10(16)2-1-7-14-21(19,20)11-5-3-9(4-6-11)15(17)18/h3-6,8,14H,1-2,7H2. The number of Topliss-reactive ketones (excluding diaryl/α,β-unsaturated/α-hetero) is 1. The van der Waals surface area contributed by atoms with Crippen LogP contribution in [0, 0.1) is 10.1 Å². The number of hydrogen-bond acceptors (Lipinski definition) is 5. The Morgan fingerprint density at radius 1 is 1.38 bits per heavy atom. The van der Waals surface area contributed by atoms with Crippen molar-refractivity contribution in [1.82, 2.24) is 4.72 Å². The summed E-state index contributed by atoms with van der Waals surface area (Å²) in [4.78, 5) is 23.3. The number of nitro groups is 1. The molecule has 0 saturated carbocycles. The first-order valence-electron chi connectivity index (χ1n) is 5.81. The van der Waals surface area contributed by atoms with Gasteiger partial charge in [0, 0.05) is 25.1 Å². The number of nitro benzene ring substituents is 1. The molecule has 0 atom stereocenters. The van der Waals surface area contributed by atoms with Crippen molar-refractivity contribution in [3.63, 3.8) is 0 Å². The van der Waals surface area contributed by atoms with Crippen molar-refractivity contribution in [1.29, 1.82) is 0 Å². The van der Waals surface area contributed by atoms with Crippen LogP contribution in [0.15, 0.2) is 29.2 Å². The molecule has 1 aromatic rings. The molecule has 0 fully saturated rings. The summed E-state index contributed by atoms with van der Waals surface area (Å²) in [6, 6.07) is 4.44. The Morgan fingerprint density at radius 2 is 2.00 bits per heavy atom. The number of carbonyl (C=O) groups excluding carboxylic acids is 1. The fourth-order valence-electron chi connectivity index (χ4n) is 1.43. The second kappa shape index (κ2) is 7.39. The molecular formula is C11H12N4O5S. The topological polar surface area (TPSA) is 143 Å². The molecule has 10 heteroatoms. The van der Waals surface area contributed by atoms with Gasteiger partial charge in [-0.05, 0) is 18.6 Å². The molecular weight excluding hydrogens is 300 g/mol. The molecule has 0 amide bonds. The maximum atomic E-state index is 11.9. The van der Waals surface area contributed by atoms with Gasteiger partial charge in [-0.15, -0.1) is 0 Å².